The van der Waals surface area contributed by atoms with Crippen LogP contribution >= 0.6 is 12.2 Å². The molecule has 0 aliphatic carbocycles. The summed E-state index contributed by atoms with van der Waals surface area (Å²) in [6.45, 7) is 1.74. The Balaban J connectivity index is 1.44. The number of hydrogen-bond donors (Lipinski definition) is 2. The Morgan fingerprint density at radius 3 is 2.76 bits per heavy atom. The van der Waals surface area contributed by atoms with Gasteiger partial charge >= 0.3 is 0 Å². The molecule has 1 aromatic carbocycles. The Morgan fingerprint density at radius 2 is 2.00 bits per heavy atom. The Morgan fingerprint density at radius 1 is 1.15 bits per heavy atom. The van der Waals surface area contributed by atoms with Crippen LogP contribution in [0.4, 0.5) is 5.69 Å². The van der Waals surface area contributed by atoms with E-state index in [0.29, 0.717) is 5.11 Å². The van der Waals surface area contributed by atoms with Gasteiger partial charge in [0.25, 0.3) is 0 Å². The highest BCUT2D eigenvalue weighted by atomic mass is 32.1. The van der Waals surface area contributed by atoms with Crippen LogP contribution in [0.2, 0.25) is 0 Å². The zero-order valence-corrected chi connectivity index (χ0v) is 19.1. The van der Waals surface area contributed by atoms with Gasteiger partial charge in [0, 0.05) is 36.9 Å². The minimum absolute atomic E-state index is 0.116. The number of thiocarbonyl (C=S) groups is 1. The van der Waals surface area contributed by atoms with Crippen LogP contribution in [0.25, 0.3) is 0 Å². The molecule has 3 atom stereocenters. The molecule has 4 heterocycles. The van der Waals surface area contributed by atoms with Crippen LogP contribution < -0.4 is 10.6 Å². The fourth-order valence-electron chi connectivity index (χ4n) is 4.64. The highest BCUT2D eigenvalue weighted by Crippen LogP contribution is 2.39. The second-order valence-corrected chi connectivity index (χ2v) is 8.78. The molecular weight excluding hydrogens is 434 g/mol. The highest BCUT2D eigenvalue weighted by molar-refractivity contribution is 7.80. The van der Waals surface area contributed by atoms with E-state index < -0.39 is 0 Å². The first-order valence-electron chi connectivity index (χ1n) is 11.3. The van der Waals surface area contributed by atoms with E-state index in [1.807, 2.05) is 59.5 Å². The zero-order valence-electron chi connectivity index (χ0n) is 18.3. The smallest absolute Gasteiger partial charge is 0.244 e. The standard InChI is InChI=1S/C25H27N5O2S/c31-22(27-18-8-2-1-3-9-18)17-30-24(23(28-25(30)33)20-11-4-5-13-26-20)21-12-6-14-29(21)16-19-10-7-15-32-19/h1-6,8-9,11-14,19,23-24H,7,10,15-17H2,(H,27,31)(H,28,33)/t19-,23-,24+/m0/s1. The molecule has 2 aliphatic heterocycles. The van der Waals surface area contributed by atoms with E-state index in [-0.39, 0.29) is 30.6 Å². The van der Waals surface area contributed by atoms with E-state index in [1.54, 1.807) is 6.20 Å². The Kier molecular flexibility index (Phi) is 6.37. The van der Waals surface area contributed by atoms with Crippen molar-refractivity contribution in [3.8, 4) is 0 Å². The number of aromatic nitrogens is 2. The van der Waals surface area contributed by atoms with Crippen molar-refractivity contribution in [3.63, 3.8) is 0 Å². The number of nitrogens with one attached hydrogen (secondary N) is 2. The molecule has 0 unspecified atom stereocenters. The average molecular weight is 462 g/mol. The lowest BCUT2D eigenvalue weighted by molar-refractivity contribution is -0.116. The first-order chi connectivity index (χ1) is 16.2. The fraction of sp³-hybridized carbons (Fsp3) is 0.320. The van der Waals surface area contributed by atoms with Gasteiger partial charge in [-0.3, -0.25) is 9.78 Å². The number of nitrogens with zero attached hydrogens (tertiary/aromatic N) is 3. The SMILES string of the molecule is O=C(CN1C(=S)N[C@@H](c2ccccn2)[C@H]1c1cccn1C[C@@H]1CCCO1)Nc1ccccc1. The number of hydrogen-bond acceptors (Lipinski definition) is 4. The second-order valence-electron chi connectivity index (χ2n) is 8.39. The number of rotatable bonds is 7. The predicted molar refractivity (Wildman–Crippen MR) is 131 cm³/mol. The maximum absolute atomic E-state index is 13.0. The summed E-state index contributed by atoms with van der Waals surface area (Å²) in [6, 6.07) is 19.1. The summed E-state index contributed by atoms with van der Waals surface area (Å²) in [5.74, 6) is -0.116. The highest BCUT2D eigenvalue weighted by Gasteiger charge is 2.42. The third kappa shape index (κ3) is 4.77. The van der Waals surface area contributed by atoms with E-state index in [2.05, 4.69) is 32.4 Å². The third-order valence-corrected chi connectivity index (χ3v) is 6.51. The molecule has 33 heavy (non-hydrogen) atoms. The van der Waals surface area contributed by atoms with Crippen LogP contribution in [-0.4, -0.2) is 44.7 Å². The van der Waals surface area contributed by atoms with Gasteiger partial charge in [0.05, 0.1) is 23.9 Å². The number of anilines is 1. The maximum atomic E-state index is 13.0. The summed E-state index contributed by atoms with van der Waals surface area (Å²) in [4.78, 5) is 19.5. The van der Waals surface area contributed by atoms with Crippen LogP contribution in [0, 0.1) is 0 Å². The summed E-state index contributed by atoms with van der Waals surface area (Å²) in [7, 11) is 0. The van der Waals surface area contributed by atoms with Gasteiger partial charge in [0.1, 0.15) is 6.54 Å². The van der Waals surface area contributed by atoms with Crippen molar-refractivity contribution in [1.82, 2.24) is 19.8 Å². The fourth-order valence-corrected chi connectivity index (χ4v) is 4.95. The maximum Gasteiger partial charge on any atom is 0.244 e. The molecule has 2 aromatic heterocycles. The Labute approximate surface area is 198 Å². The van der Waals surface area contributed by atoms with Crippen LogP contribution in [0.3, 0.4) is 0 Å². The van der Waals surface area contributed by atoms with E-state index >= 15 is 0 Å². The van der Waals surface area contributed by atoms with Crippen molar-refractivity contribution in [1.29, 1.82) is 0 Å². The number of pyridine rings is 1. The first-order valence-corrected chi connectivity index (χ1v) is 11.7. The minimum atomic E-state index is -0.176. The number of ether oxygens (including phenoxy) is 1. The molecule has 0 bridgehead atoms. The zero-order chi connectivity index (χ0) is 22.6. The predicted octanol–water partition coefficient (Wildman–Crippen LogP) is 3.67. The van der Waals surface area contributed by atoms with Gasteiger partial charge in [-0.2, -0.15) is 0 Å². The lowest BCUT2D eigenvalue weighted by Crippen LogP contribution is -2.37. The molecule has 2 saturated heterocycles. The quantitative estimate of drug-likeness (QED) is 0.523. The van der Waals surface area contributed by atoms with E-state index in [1.165, 1.54) is 0 Å². The van der Waals surface area contributed by atoms with Gasteiger partial charge in [0.15, 0.2) is 5.11 Å². The van der Waals surface area contributed by atoms with E-state index in [4.69, 9.17) is 17.0 Å². The molecule has 2 aliphatic rings. The Hall–Kier alpha value is -3.23. The molecule has 2 fully saturated rings. The van der Waals surface area contributed by atoms with Crippen molar-refractivity contribution in [2.75, 3.05) is 18.5 Å². The minimum Gasteiger partial charge on any atom is -0.376 e. The molecule has 2 N–H and O–H groups in total. The first kappa shape index (κ1) is 21.6. The molecule has 0 saturated carbocycles. The van der Waals surface area contributed by atoms with Gasteiger partial charge in [-0.15, -0.1) is 0 Å². The number of carbonyl (C=O) groups is 1. The lowest BCUT2D eigenvalue weighted by Gasteiger charge is -2.29. The summed E-state index contributed by atoms with van der Waals surface area (Å²) in [5.41, 5.74) is 2.74. The van der Waals surface area contributed by atoms with Gasteiger partial charge in [-0.25, -0.2) is 0 Å². The van der Waals surface area contributed by atoms with Crippen molar-refractivity contribution in [3.05, 3.63) is 84.4 Å². The summed E-state index contributed by atoms with van der Waals surface area (Å²) in [6.07, 6.45) is 6.23. The molecule has 1 amide bonds. The summed E-state index contributed by atoms with van der Waals surface area (Å²) < 4.78 is 8.11. The largest absolute Gasteiger partial charge is 0.376 e. The molecule has 8 heteroatoms. The van der Waals surface area contributed by atoms with Gasteiger partial charge < -0.3 is 24.8 Å². The number of para-hydroxylation sites is 1. The number of carbonyl (C=O) groups excluding carboxylic acids is 1. The van der Waals surface area contributed by atoms with Crippen LogP contribution in [0.15, 0.2) is 73.1 Å². The van der Waals surface area contributed by atoms with Crippen LogP contribution in [0.1, 0.15) is 36.3 Å². The van der Waals surface area contributed by atoms with Crippen molar-refractivity contribution < 1.29 is 9.53 Å². The van der Waals surface area contributed by atoms with Gasteiger partial charge in [-0.05, 0) is 61.5 Å². The van der Waals surface area contributed by atoms with E-state index in [0.717, 1.165) is 43.1 Å². The molecular formula is C25H27N5O2S. The molecule has 170 valence electrons. The summed E-state index contributed by atoms with van der Waals surface area (Å²) in [5, 5.41) is 6.94. The molecule has 0 radical (unpaired) electrons. The van der Waals surface area contributed by atoms with Crippen LogP contribution in [0.5, 0.6) is 0 Å². The number of benzene rings is 1. The van der Waals surface area contributed by atoms with Crippen LogP contribution in [-0.2, 0) is 16.1 Å². The molecule has 3 aromatic rings. The third-order valence-electron chi connectivity index (χ3n) is 6.16. The average Bonchev–Trinajstić information content (AvgIpc) is 3.57. The topological polar surface area (TPSA) is 71.4 Å². The normalized spacial score (nSPS) is 22.4. The van der Waals surface area contributed by atoms with Gasteiger partial charge in [-0.1, -0.05) is 24.3 Å². The molecule has 5 rings (SSSR count). The number of amides is 1. The molecule has 7 nitrogen and oxygen atoms in total. The van der Waals surface area contributed by atoms with Crippen molar-refractivity contribution in [2.45, 2.75) is 37.6 Å². The van der Waals surface area contributed by atoms with Crippen molar-refractivity contribution in [2.24, 2.45) is 0 Å². The Bertz CT molecular complexity index is 1100. The monoisotopic (exact) mass is 461 g/mol. The summed E-state index contributed by atoms with van der Waals surface area (Å²) >= 11 is 5.71. The van der Waals surface area contributed by atoms with Gasteiger partial charge in [0.2, 0.25) is 5.91 Å². The second kappa shape index (κ2) is 9.72. The van der Waals surface area contributed by atoms with E-state index in [9.17, 15) is 4.79 Å². The lowest BCUT2D eigenvalue weighted by atomic mass is 10.0. The molecule has 0 spiro atoms. The van der Waals surface area contributed by atoms with Crippen molar-refractivity contribution >= 4 is 28.9 Å².